The van der Waals surface area contributed by atoms with E-state index in [4.69, 9.17) is 4.74 Å². The van der Waals surface area contributed by atoms with Crippen molar-refractivity contribution < 1.29 is 14.3 Å². The zero-order chi connectivity index (χ0) is 17.1. The maximum absolute atomic E-state index is 12.2. The third-order valence-corrected chi connectivity index (χ3v) is 6.54. The number of fused-ring (bicyclic) bond motifs is 1. The molecule has 0 aromatic carbocycles. The first kappa shape index (κ1) is 17.5. The number of hydrogen-bond donors (Lipinski definition) is 1. The van der Waals surface area contributed by atoms with Crippen LogP contribution in [0.25, 0.3) is 0 Å². The molecule has 0 unspecified atom stereocenters. The molecule has 1 aromatic heterocycles. The van der Waals surface area contributed by atoms with Crippen LogP contribution < -0.4 is 5.32 Å². The van der Waals surface area contributed by atoms with Crippen LogP contribution in [0.5, 0.6) is 0 Å². The van der Waals surface area contributed by atoms with Crippen molar-refractivity contribution in [3.05, 3.63) is 21.4 Å². The third-order valence-electron chi connectivity index (χ3n) is 5.32. The quantitative estimate of drug-likeness (QED) is 0.843. The van der Waals surface area contributed by atoms with Crippen LogP contribution >= 0.6 is 11.3 Å². The number of ether oxygens (including phenoxy) is 1. The van der Waals surface area contributed by atoms with Crippen molar-refractivity contribution in [3.63, 3.8) is 0 Å². The fourth-order valence-electron chi connectivity index (χ4n) is 3.79. The minimum atomic E-state index is -0.367. The highest BCUT2D eigenvalue weighted by atomic mass is 32.1. The minimum absolute atomic E-state index is 0.180. The van der Waals surface area contributed by atoms with E-state index in [9.17, 15) is 9.59 Å². The number of aryl methyl sites for hydroxylation is 1. The smallest absolute Gasteiger partial charge is 0.348 e. The van der Waals surface area contributed by atoms with Gasteiger partial charge in [-0.15, -0.1) is 11.3 Å². The van der Waals surface area contributed by atoms with Crippen molar-refractivity contribution in [3.8, 4) is 0 Å². The maximum atomic E-state index is 12.2. The number of carbonyl (C=O) groups excluding carboxylic acids is 2. The van der Waals surface area contributed by atoms with E-state index in [0.29, 0.717) is 16.7 Å². The van der Waals surface area contributed by atoms with Crippen LogP contribution in [0.4, 0.5) is 0 Å². The molecule has 132 valence electrons. The second-order valence-corrected chi connectivity index (χ2v) is 8.56. The van der Waals surface area contributed by atoms with Gasteiger partial charge in [-0.2, -0.15) is 0 Å². The van der Waals surface area contributed by atoms with Gasteiger partial charge in [0, 0.05) is 10.9 Å². The van der Waals surface area contributed by atoms with Crippen LogP contribution in [0.2, 0.25) is 0 Å². The molecule has 2 aliphatic rings. The molecule has 0 saturated heterocycles. The topological polar surface area (TPSA) is 55.4 Å². The Morgan fingerprint density at radius 2 is 2.04 bits per heavy atom. The van der Waals surface area contributed by atoms with Crippen molar-refractivity contribution in [1.82, 2.24) is 5.32 Å². The lowest BCUT2D eigenvalue weighted by Crippen LogP contribution is -2.42. The van der Waals surface area contributed by atoms with E-state index in [2.05, 4.69) is 19.2 Å². The molecule has 0 aliphatic heterocycles. The number of hydrogen-bond acceptors (Lipinski definition) is 4. The van der Waals surface area contributed by atoms with E-state index in [1.807, 2.05) is 6.07 Å². The van der Waals surface area contributed by atoms with E-state index >= 15 is 0 Å². The molecule has 1 aromatic rings. The monoisotopic (exact) mass is 349 g/mol. The average molecular weight is 349 g/mol. The molecule has 3 rings (SSSR count). The maximum Gasteiger partial charge on any atom is 0.348 e. The normalized spacial score (nSPS) is 26.5. The second-order valence-electron chi connectivity index (χ2n) is 7.42. The van der Waals surface area contributed by atoms with Crippen LogP contribution in [0.3, 0.4) is 0 Å². The summed E-state index contributed by atoms with van der Waals surface area (Å²) in [5.41, 5.74) is 1.28. The second kappa shape index (κ2) is 7.68. The summed E-state index contributed by atoms with van der Waals surface area (Å²) in [6.45, 7) is 4.24. The van der Waals surface area contributed by atoms with E-state index in [0.717, 1.165) is 32.1 Å². The minimum Gasteiger partial charge on any atom is -0.451 e. The van der Waals surface area contributed by atoms with Crippen molar-refractivity contribution in [2.24, 2.45) is 11.8 Å². The molecule has 2 aliphatic carbocycles. The molecular weight excluding hydrogens is 322 g/mol. The predicted molar refractivity (Wildman–Crippen MR) is 95.4 cm³/mol. The zero-order valence-electron chi connectivity index (χ0n) is 14.6. The van der Waals surface area contributed by atoms with Gasteiger partial charge in [-0.25, -0.2) is 4.79 Å². The van der Waals surface area contributed by atoms with E-state index in [1.54, 1.807) is 0 Å². The molecule has 0 bridgehead atoms. The Labute approximate surface area is 148 Å². The number of esters is 1. The number of nitrogens with one attached hydrogen (secondary N) is 1. The highest BCUT2D eigenvalue weighted by Crippen LogP contribution is 2.32. The van der Waals surface area contributed by atoms with Crippen molar-refractivity contribution in [1.29, 1.82) is 0 Å². The Morgan fingerprint density at radius 3 is 2.83 bits per heavy atom. The summed E-state index contributed by atoms with van der Waals surface area (Å²) in [6.07, 6.45) is 7.86. The van der Waals surface area contributed by atoms with Crippen LogP contribution in [0, 0.1) is 11.8 Å². The molecule has 24 heavy (non-hydrogen) atoms. The molecule has 1 saturated carbocycles. The number of amides is 1. The molecule has 1 heterocycles. The Kier molecular flexibility index (Phi) is 5.59. The molecule has 3 atom stereocenters. The van der Waals surface area contributed by atoms with Crippen molar-refractivity contribution in [2.75, 3.05) is 6.61 Å². The molecule has 1 amide bonds. The average Bonchev–Trinajstić information content (AvgIpc) is 2.98. The summed E-state index contributed by atoms with van der Waals surface area (Å²) >= 11 is 1.53. The van der Waals surface area contributed by atoms with Gasteiger partial charge in [0.15, 0.2) is 6.61 Å². The van der Waals surface area contributed by atoms with Gasteiger partial charge in [-0.1, -0.05) is 26.7 Å². The van der Waals surface area contributed by atoms with Crippen LogP contribution in [-0.4, -0.2) is 24.5 Å². The highest BCUT2D eigenvalue weighted by Gasteiger charge is 2.24. The molecule has 1 N–H and O–H groups in total. The predicted octanol–water partition coefficient (Wildman–Crippen LogP) is 3.72. The lowest BCUT2D eigenvalue weighted by atomic mass is 9.86. The van der Waals surface area contributed by atoms with E-state index in [-0.39, 0.29) is 24.5 Å². The summed E-state index contributed by atoms with van der Waals surface area (Å²) in [5, 5.41) is 3.02. The van der Waals surface area contributed by atoms with Crippen molar-refractivity contribution >= 4 is 23.2 Å². The van der Waals surface area contributed by atoms with E-state index in [1.165, 1.54) is 34.6 Å². The number of carbonyl (C=O) groups is 2. The summed E-state index contributed by atoms with van der Waals surface area (Å²) in [7, 11) is 0. The third kappa shape index (κ3) is 4.18. The molecule has 0 radical (unpaired) electrons. The lowest BCUT2D eigenvalue weighted by Gasteiger charge is -2.29. The van der Waals surface area contributed by atoms with E-state index < -0.39 is 0 Å². The SMILES string of the molecule is C[C@H]1CCc2sc(C(=O)OCC(=O)N[C@@H]3CCCC[C@@H]3C)cc2C1. The lowest BCUT2D eigenvalue weighted by molar-refractivity contribution is -0.125. The van der Waals surface area contributed by atoms with Crippen LogP contribution in [0.15, 0.2) is 6.07 Å². The van der Waals surface area contributed by atoms with Crippen LogP contribution in [0.1, 0.15) is 66.1 Å². The highest BCUT2D eigenvalue weighted by molar-refractivity contribution is 7.14. The Bertz CT molecular complexity index is 610. The summed E-state index contributed by atoms with van der Waals surface area (Å²) in [5.74, 6) is 0.634. The Balaban J connectivity index is 1.49. The van der Waals surface area contributed by atoms with Gasteiger partial charge in [0.2, 0.25) is 0 Å². The molecular formula is C19H27NO3S. The number of thiophene rings is 1. The molecule has 5 heteroatoms. The van der Waals surface area contributed by atoms with Gasteiger partial charge in [0.05, 0.1) is 0 Å². The fourth-order valence-corrected chi connectivity index (χ4v) is 4.89. The zero-order valence-corrected chi connectivity index (χ0v) is 15.4. The van der Waals surface area contributed by atoms with Crippen molar-refractivity contribution in [2.45, 2.75) is 64.8 Å². The Morgan fingerprint density at radius 1 is 1.25 bits per heavy atom. The first-order chi connectivity index (χ1) is 11.5. The molecule has 4 nitrogen and oxygen atoms in total. The van der Waals surface area contributed by atoms with Gasteiger partial charge in [0.25, 0.3) is 5.91 Å². The Hall–Kier alpha value is -1.36. The standard InChI is InChI=1S/C19H27NO3S/c1-12-7-8-16-14(9-12)10-17(24-16)19(22)23-11-18(21)20-15-6-4-3-5-13(15)2/h10,12-13,15H,3-9,11H2,1-2H3,(H,20,21)/t12-,13-,15+/m0/s1. The van der Waals surface area contributed by atoms with Gasteiger partial charge in [0.1, 0.15) is 4.88 Å². The fraction of sp³-hybridized carbons (Fsp3) is 0.684. The van der Waals surface area contributed by atoms with Crippen LogP contribution in [-0.2, 0) is 22.4 Å². The number of rotatable bonds is 4. The van der Waals surface area contributed by atoms with Gasteiger partial charge >= 0.3 is 5.97 Å². The van der Waals surface area contributed by atoms with Gasteiger partial charge in [-0.3, -0.25) is 4.79 Å². The van der Waals surface area contributed by atoms with Gasteiger partial charge < -0.3 is 10.1 Å². The first-order valence-corrected chi connectivity index (χ1v) is 9.92. The summed E-state index contributed by atoms with van der Waals surface area (Å²) < 4.78 is 5.23. The summed E-state index contributed by atoms with van der Waals surface area (Å²) in [4.78, 5) is 26.2. The van der Waals surface area contributed by atoms with Gasteiger partial charge in [-0.05, 0) is 55.6 Å². The summed E-state index contributed by atoms with van der Waals surface area (Å²) in [6, 6.07) is 2.18. The molecule has 0 spiro atoms. The molecule has 1 fully saturated rings. The largest absolute Gasteiger partial charge is 0.451 e. The first-order valence-electron chi connectivity index (χ1n) is 9.11.